The van der Waals surface area contributed by atoms with E-state index in [0.717, 1.165) is 70.4 Å². The Morgan fingerprint density at radius 2 is 1.23 bits per heavy atom. The van der Waals surface area contributed by atoms with Crippen LogP contribution in [0.4, 0.5) is 5.82 Å². The van der Waals surface area contributed by atoms with E-state index in [0.29, 0.717) is 20.7 Å². The Kier molecular flexibility index (Phi) is 17.9. The topological polar surface area (TPSA) is 178 Å². The first-order valence-electron chi connectivity index (χ1n) is 23.7. The maximum atomic E-state index is 13.1. The highest BCUT2D eigenvalue weighted by molar-refractivity contribution is 9.10. The third kappa shape index (κ3) is 12.6. The number of carbonyl (C=O) groups is 3. The molecule has 14 nitrogen and oxygen atoms in total. The average Bonchev–Trinajstić information content (AvgIpc) is 3.76. The number of hydrogen-bond acceptors (Lipinski definition) is 12. The number of aromatic nitrogens is 4. The van der Waals surface area contributed by atoms with Crippen LogP contribution in [0.1, 0.15) is 148 Å². The van der Waals surface area contributed by atoms with Gasteiger partial charge in [-0.25, -0.2) is 38.5 Å². The molecule has 0 radical (unpaired) electrons. The first-order valence-corrected chi connectivity index (χ1v) is 26.8. The van der Waals surface area contributed by atoms with E-state index >= 15 is 0 Å². The molecule has 2 fully saturated rings. The number of aryl methyl sites for hydroxylation is 2. The Labute approximate surface area is 431 Å². The molecular weight excluding hydrogens is 1050 g/mol. The summed E-state index contributed by atoms with van der Waals surface area (Å²) in [6.45, 7) is 23.2. The fourth-order valence-electron chi connectivity index (χ4n) is 9.49. The van der Waals surface area contributed by atoms with Crippen LogP contribution in [-0.2, 0) is 38.1 Å². The molecule has 18 heteroatoms. The van der Waals surface area contributed by atoms with E-state index in [4.69, 9.17) is 26.1 Å². The highest BCUT2D eigenvalue weighted by Crippen LogP contribution is 2.53. The number of nitrogens with one attached hydrogen (secondary N) is 3. The number of fused-ring (bicyclic) bond motifs is 2. The summed E-state index contributed by atoms with van der Waals surface area (Å²) in [5.74, 6) is -0.292. The van der Waals surface area contributed by atoms with Crippen molar-refractivity contribution in [2.24, 2.45) is 16.2 Å². The van der Waals surface area contributed by atoms with Crippen molar-refractivity contribution < 1.29 is 28.1 Å². The van der Waals surface area contributed by atoms with Crippen LogP contribution in [0.2, 0.25) is 5.15 Å². The second-order valence-corrected chi connectivity index (χ2v) is 24.1. The fourth-order valence-corrected chi connectivity index (χ4v) is 11.2. The van der Waals surface area contributed by atoms with Gasteiger partial charge in [-0.2, -0.15) is 0 Å². The van der Waals surface area contributed by atoms with E-state index in [2.05, 4.69) is 116 Å². The van der Waals surface area contributed by atoms with Crippen molar-refractivity contribution in [2.75, 3.05) is 44.3 Å². The number of ether oxygens (including phenoxy) is 2. The highest BCUT2D eigenvalue weighted by Gasteiger charge is 2.50. The van der Waals surface area contributed by atoms with Crippen molar-refractivity contribution in [1.29, 1.82) is 0 Å². The smallest absolute Gasteiger partial charge is 0.360 e. The number of esters is 2. The van der Waals surface area contributed by atoms with Gasteiger partial charge in [-0.1, -0.05) is 80.9 Å². The molecule has 2 aromatic heterocycles. The quantitative estimate of drug-likeness (QED) is 0.143. The molecule has 2 aliphatic carbocycles. The monoisotopic (exact) mass is 1110 g/mol. The summed E-state index contributed by atoms with van der Waals surface area (Å²) in [6, 6.07) is 17.3. The molecule has 3 N–H and O–H groups in total. The van der Waals surface area contributed by atoms with Crippen molar-refractivity contribution in [2.45, 2.75) is 125 Å². The summed E-state index contributed by atoms with van der Waals surface area (Å²) in [7, 11) is -1.18. The summed E-state index contributed by atoms with van der Waals surface area (Å²) in [5, 5.41) is 6.88. The average molecular weight is 1120 g/mol. The molecule has 0 saturated carbocycles. The number of hydrogen-bond donors (Lipinski definition) is 3. The lowest BCUT2D eigenvalue weighted by Gasteiger charge is -2.44. The predicted molar refractivity (Wildman–Crippen MR) is 279 cm³/mol. The number of carbonyl (C=O) groups excluding carboxylic acids is 3. The van der Waals surface area contributed by atoms with Crippen LogP contribution in [0.25, 0.3) is 0 Å². The molecule has 2 aliphatic heterocycles. The minimum absolute atomic E-state index is 0.0215. The van der Waals surface area contributed by atoms with Crippen molar-refractivity contribution >= 4 is 78.1 Å². The second kappa shape index (κ2) is 22.7. The normalized spacial score (nSPS) is 19.3. The van der Waals surface area contributed by atoms with E-state index < -0.39 is 22.9 Å². The molecule has 3 atom stereocenters. The fraction of sp³-hybridized carbons (Fsp3) is 0.549. The number of anilines is 1. The largest absolute Gasteiger partial charge is 0.461 e. The third-order valence-electron chi connectivity index (χ3n) is 13.3. The standard InChI is InChI=1S/C25H33BrN4O3S.C18H26N2O.C8H8BrClN2O2/c1-6-33-23(31)19-22(27-16(2)21(26)28-19)30-13-11-25(12-14-30)15-17-9-7-8-10-18(17)20(25)29-34(32)24(3,4)5;1-17(2,3)16(21)20-15-14-7-5-4-6-13(14)12-18(15)8-10-19-11-9-18;1-3-14-8(13)5-7(10)11-4(2)6(9)12-5/h7-10,20,29H,6,11-15H2,1-5H3;4-7,15,19H,8-12H2,1-3H3,(H,20,21);3H2,1-2H3/t20-,34-;15-;/m11./s1. The molecule has 8 rings (SSSR count). The van der Waals surface area contributed by atoms with Crippen LogP contribution in [-0.4, -0.2) is 86.1 Å². The van der Waals surface area contributed by atoms with Gasteiger partial charge < -0.3 is 25.0 Å². The van der Waals surface area contributed by atoms with Crippen molar-refractivity contribution in [3.05, 3.63) is 108 Å². The number of benzene rings is 2. The van der Waals surface area contributed by atoms with Crippen molar-refractivity contribution in [3.8, 4) is 0 Å². The Hall–Kier alpha value is -3.87. The van der Waals surface area contributed by atoms with E-state index in [1.165, 1.54) is 22.3 Å². The summed E-state index contributed by atoms with van der Waals surface area (Å²) >= 11 is 12.3. The van der Waals surface area contributed by atoms with Crippen molar-refractivity contribution in [1.82, 2.24) is 35.3 Å². The zero-order chi connectivity index (χ0) is 50.5. The van der Waals surface area contributed by atoms with Gasteiger partial charge in [0.2, 0.25) is 5.91 Å². The first-order chi connectivity index (χ1) is 32.5. The van der Waals surface area contributed by atoms with Crippen LogP contribution in [0.5, 0.6) is 0 Å². The summed E-state index contributed by atoms with van der Waals surface area (Å²) < 4.78 is 27.3. The van der Waals surface area contributed by atoms with Gasteiger partial charge in [0, 0.05) is 23.9 Å². The summed E-state index contributed by atoms with van der Waals surface area (Å²) in [4.78, 5) is 55.6. The molecule has 374 valence electrons. The predicted octanol–water partition coefficient (Wildman–Crippen LogP) is 9.85. The Morgan fingerprint density at radius 1 is 0.754 bits per heavy atom. The number of rotatable bonds is 8. The maximum Gasteiger partial charge on any atom is 0.360 e. The molecule has 2 aromatic carbocycles. The minimum Gasteiger partial charge on any atom is -0.461 e. The number of amides is 1. The van der Waals surface area contributed by atoms with E-state index in [-0.39, 0.29) is 68.7 Å². The Bertz CT molecular complexity index is 2540. The molecule has 4 heterocycles. The van der Waals surface area contributed by atoms with E-state index in [1.807, 2.05) is 48.5 Å². The molecule has 1 amide bonds. The molecular formula is C51H67Br2ClN8O6S. The molecule has 4 aromatic rings. The summed E-state index contributed by atoms with van der Waals surface area (Å²) in [5.41, 5.74) is 6.78. The first kappa shape index (κ1) is 54.5. The molecule has 0 unspecified atom stereocenters. The van der Waals surface area contributed by atoms with Gasteiger partial charge in [0.1, 0.15) is 9.21 Å². The molecule has 4 aliphatic rings. The Balaban J connectivity index is 0.000000189. The third-order valence-corrected chi connectivity index (χ3v) is 16.7. The molecule has 0 bridgehead atoms. The molecule has 2 spiro atoms. The second-order valence-electron chi connectivity index (χ2n) is 20.3. The van der Waals surface area contributed by atoms with Gasteiger partial charge in [-0.15, -0.1) is 0 Å². The van der Waals surface area contributed by atoms with Gasteiger partial charge in [0.05, 0.1) is 52.4 Å². The van der Waals surface area contributed by atoms with Gasteiger partial charge in [-0.3, -0.25) is 4.79 Å². The van der Waals surface area contributed by atoms with Crippen LogP contribution in [0.3, 0.4) is 0 Å². The zero-order valence-corrected chi connectivity index (χ0v) is 46.2. The van der Waals surface area contributed by atoms with Gasteiger partial charge >= 0.3 is 11.9 Å². The SMILES string of the molecule is CC(C)(C)C(=O)N[C@@H]1c2ccccc2CC12CCNCC2.CCOC(=O)c1nc(Br)c(C)nc1Cl.CCOC(=O)c1nc(Br)c(C)nc1N1CCC2(CC1)Cc1ccccc1[C@H]2N[S@](=O)C(C)(C)C. The lowest BCUT2D eigenvalue weighted by molar-refractivity contribution is -0.130. The van der Waals surface area contributed by atoms with E-state index in [9.17, 15) is 18.6 Å². The molecule has 69 heavy (non-hydrogen) atoms. The van der Waals surface area contributed by atoms with E-state index in [1.54, 1.807) is 20.8 Å². The Morgan fingerprint density at radius 3 is 1.75 bits per heavy atom. The number of piperidine rings is 2. The highest BCUT2D eigenvalue weighted by atomic mass is 79.9. The van der Waals surface area contributed by atoms with Gasteiger partial charge in [-0.05, 0) is 160 Å². The minimum atomic E-state index is -1.18. The molecule has 2 saturated heterocycles. The zero-order valence-electron chi connectivity index (χ0n) is 41.5. The van der Waals surface area contributed by atoms with Gasteiger partial charge in [0.15, 0.2) is 22.4 Å². The van der Waals surface area contributed by atoms with Crippen LogP contribution in [0.15, 0.2) is 57.7 Å². The maximum absolute atomic E-state index is 13.1. The van der Waals surface area contributed by atoms with Crippen LogP contribution in [0, 0.1) is 30.1 Å². The summed E-state index contributed by atoms with van der Waals surface area (Å²) in [6.07, 6.45) is 6.10. The lowest BCUT2D eigenvalue weighted by atomic mass is 9.73. The van der Waals surface area contributed by atoms with Gasteiger partial charge in [0.25, 0.3) is 0 Å². The van der Waals surface area contributed by atoms with Crippen LogP contribution < -0.4 is 20.3 Å². The van der Waals surface area contributed by atoms with Crippen molar-refractivity contribution in [3.63, 3.8) is 0 Å². The van der Waals surface area contributed by atoms with Crippen LogP contribution >= 0.6 is 43.5 Å². The lowest BCUT2D eigenvalue weighted by Crippen LogP contribution is -2.48. The number of nitrogens with zero attached hydrogens (tertiary/aromatic N) is 5. The number of halogens is 3.